The fraction of sp³-hybridized carbons (Fsp3) is 0.231. The number of benzene rings is 1. The van der Waals surface area contributed by atoms with Gasteiger partial charge in [-0.05, 0) is 31.2 Å². The lowest BCUT2D eigenvalue weighted by Crippen LogP contribution is -2.05. The van der Waals surface area contributed by atoms with Crippen LogP contribution < -0.4 is 10.1 Å². The predicted molar refractivity (Wildman–Crippen MR) is 74.4 cm³/mol. The van der Waals surface area contributed by atoms with E-state index in [1.54, 1.807) is 18.4 Å². The van der Waals surface area contributed by atoms with Gasteiger partial charge in [-0.15, -0.1) is 11.3 Å². The first kappa shape index (κ1) is 12.3. The van der Waals surface area contributed by atoms with E-state index in [1.165, 1.54) is 4.88 Å². The first-order valence-electron chi connectivity index (χ1n) is 5.35. The van der Waals surface area contributed by atoms with E-state index in [1.807, 2.05) is 36.4 Å². The van der Waals surface area contributed by atoms with Crippen LogP contribution in [0.2, 0.25) is 4.34 Å². The van der Waals surface area contributed by atoms with Crippen LogP contribution in [0.15, 0.2) is 36.4 Å². The summed E-state index contributed by atoms with van der Waals surface area (Å²) in [6.45, 7) is 2.11. The van der Waals surface area contributed by atoms with Gasteiger partial charge < -0.3 is 10.1 Å². The van der Waals surface area contributed by atoms with E-state index in [0.29, 0.717) is 0 Å². The summed E-state index contributed by atoms with van der Waals surface area (Å²) in [4.78, 5) is 1.21. The minimum atomic E-state index is 0.212. The molecule has 0 fully saturated rings. The van der Waals surface area contributed by atoms with Crippen molar-refractivity contribution in [1.29, 1.82) is 0 Å². The van der Waals surface area contributed by atoms with Gasteiger partial charge in [0.15, 0.2) is 0 Å². The summed E-state index contributed by atoms with van der Waals surface area (Å²) in [6.07, 6.45) is 0. The molecule has 1 unspecified atom stereocenters. The zero-order valence-electron chi connectivity index (χ0n) is 9.74. The van der Waals surface area contributed by atoms with Gasteiger partial charge in [-0.1, -0.05) is 23.7 Å². The number of ether oxygens (including phenoxy) is 1. The molecule has 0 aliphatic heterocycles. The van der Waals surface area contributed by atoms with Gasteiger partial charge in [0.2, 0.25) is 0 Å². The number of rotatable bonds is 4. The molecular weight excluding hydrogens is 254 g/mol. The van der Waals surface area contributed by atoms with Gasteiger partial charge in [0.25, 0.3) is 0 Å². The average molecular weight is 268 g/mol. The molecule has 17 heavy (non-hydrogen) atoms. The molecule has 90 valence electrons. The van der Waals surface area contributed by atoms with Crippen LogP contribution in [-0.4, -0.2) is 7.11 Å². The summed E-state index contributed by atoms with van der Waals surface area (Å²) in [5, 5.41) is 3.42. The number of thiophene rings is 1. The van der Waals surface area contributed by atoms with Crippen molar-refractivity contribution < 1.29 is 4.74 Å². The van der Waals surface area contributed by atoms with E-state index in [-0.39, 0.29) is 6.04 Å². The highest BCUT2D eigenvalue weighted by Gasteiger charge is 2.10. The molecule has 0 saturated heterocycles. The zero-order chi connectivity index (χ0) is 12.3. The second-order valence-electron chi connectivity index (χ2n) is 3.71. The number of methoxy groups -OCH3 is 1. The van der Waals surface area contributed by atoms with E-state index in [4.69, 9.17) is 16.3 Å². The lowest BCUT2D eigenvalue weighted by atomic mass is 10.2. The van der Waals surface area contributed by atoms with Crippen LogP contribution in [0.3, 0.4) is 0 Å². The standard InChI is InChI=1S/C13H14ClNOS/c1-9(12-7-8-13(14)17-12)15-10-5-3-4-6-11(10)16-2/h3-9,15H,1-2H3. The molecule has 2 rings (SSSR count). The maximum atomic E-state index is 5.93. The molecule has 0 bridgehead atoms. The Labute approximate surface area is 110 Å². The molecule has 0 aliphatic carbocycles. The Hall–Kier alpha value is -1.19. The van der Waals surface area contributed by atoms with Crippen molar-refractivity contribution in [2.24, 2.45) is 0 Å². The second kappa shape index (κ2) is 5.43. The summed E-state index contributed by atoms with van der Waals surface area (Å²) in [7, 11) is 1.67. The van der Waals surface area contributed by atoms with Crippen LogP contribution in [0, 0.1) is 0 Å². The van der Waals surface area contributed by atoms with E-state index in [9.17, 15) is 0 Å². The molecule has 0 aliphatic rings. The van der Waals surface area contributed by atoms with E-state index in [2.05, 4.69) is 12.2 Å². The third-order valence-corrected chi connectivity index (χ3v) is 3.91. The van der Waals surface area contributed by atoms with Gasteiger partial charge in [-0.3, -0.25) is 0 Å². The Kier molecular flexibility index (Phi) is 3.92. The van der Waals surface area contributed by atoms with E-state index >= 15 is 0 Å². The lowest BCUT2D eigenvalue weighted by Gasteiger charge is -2.16. The highest BCUT2D eigenvalue weighted by atomic mass is 35.5. The van der Waals surface area contributed by atoms with Gasteiger partial charge in [-0.25, -0.2) is 0 Å². The number of nitrogens with one attached hydrogen (secondary N) is 1. The quantitative estimate of drug-likeness (QED) is 0.875. The number of anilines is 1. The van der Waals surface area contributed by atoms with Crippen molar-refractivity contribution >= 4 is 28.6 Å². The first-order chi connectivity index (χ1) is 8.20. The molecule has 0 amide bonds. The highest BCUT2D eigenvalue weighted by Crippen LogP contribution is 2.31. The van der Waals surface area contributed by atoms with Crippen molar-refractivity contribution in [2.45, 2.75) is 13.0 Å². The van der Waals surface area contributed by atoms with Crippen LogP contribution in [0.1, 0.15) is 17.8 Å². The van der Waals surface area contributed by atoms with Gasteiger partial charge in [-0.2, -0.15) is 0 Å². The van der Waals surface area contributed by atoms with Crippen LogP contribution in [0.4, 0.5) is 5.69 Å². The van der Waals surface area contributed by atoms with Crippen molar-refractivity contribution in [3.63, 3.8) is 0 Å². The van der Waals surface area contributed by atoms with E-state index in [0.717, 1.165) is 15.8 Å². The minimum Gasteiger partial charge on any atom is -0.495 e. The summed E-state index contributed by atoms with van der Waals surface area (Å²) >= 11 is 7.52. The normalized spacial score (nSPS) is 12.2. The highest BCUT2D eigenvalue weighted by molar-refractivity contribution is 7.16. The first-order valence-corrected chi connectivity index (χ1v) is 6.55. The lowest BCUT2D eigenvalue weighted by molar-refractivity contribution is 0.416. The molecular formula is C13H14ClNOS. The number of para-hydroxylation sites is 2. The Morgan fingerprint density at radius 2 is 2.00 bits per heavy atom. The summed E-state index contributed by atoms with van der Waals surface area (Å²) in [5.74, 6) is 0.849. The van der Waals surface area contributed by atoms with Crippen LogP contribution in [-0.2, 0) is 0 Å². The molecule has 1 heterocycles. The topological polar surface area (TPSA) is 21.3 Å². The average Bonchev–Trinajstić information content (AvgIpc) is 2.77. The molecule has 2 aromatic rings. The molecule has 0 saturated carbocycles. The van der Waals surface area contributed by atoms with Gasteiger partial charge >= 0.3 is 0 Å². The molecule has 1 aromatic heterocycles. The Bertz CT molecular complexity index is 498. The largest absolute Gasteiger partial charge is 0.495 e. The number of halogens is 1. The second-order valence-corrected chi connectivity index (χ2v) is 5.45. The predicted octanol–water partition coefficient (Wildman–Crippen LogP) is 4.58. The molecule has 4 heteroatoms. The minimum absolute atomic E-state index is 0.212. The third kappa shape index (κ3) is 2.93. The molecule has 1 aromatic carbocycles. The van der Waals surface area contributed by atoms with Crippen LogP contribution >= 0.6 is 22.9 Å². The van der Waals surface area contributed by atoms with Crippen molar-refractivity contribution in [2.75, 3.05) is 12.4 Å². The molecule has 0 radical (unpaired) electrons. The zero-order valence-corrected chi connectivity index (χ0v) is 11.3. The summed E-state index contributed by atoms with van der Waals surface area (Å²) < 4.78 is 6.12. The van der Waals surface area contributed by atoms with Crippen LogP contribution in [0.25, 0.3) is 0 Å². The molecule has 0 spiro atoms. The Balaban J connectivity index is 2.15. The van der Waals surface area contributed by atoms with Gasteiger partial charge in [0.1, 0.15) is 5.75 Å². The fourth-order valence-corrected chi connectivity index (χ4v) is 2.69. The Morgan fingerprint density at radius 1 is 1.24 bits per heavy atom. The van der Waals surface area contributed by atoms with Crippen LogP contribution in [0.5, 0.6) is 5.75 Å². The molecule has 2 nitrogen and oxygen atoms in total. The number of hydrogen-bond donors (Lipinski definition) is 1. The van der Waals surface area contributed by atoms with Crippen molar-refractivity contribution in [3.8, 4) is 5.75 Å². The summed E-state index contributed by atoms with van der Waals surface area (Å²) in [5.41, 5.74) is 0.993. The maximum Gasteiger partial charge on any atom is 0.141 e. The van der Waals surface area contributed by atoms with Crippen molar-refractivity contribution in [1.82, 2.24) is 0 Å². The fourth-order valence-electron chi connectivity index (χ4n) is 1.63. The maximum absolute atomic E-state index is 5.93. The third-order valence-electron chi connectivity index (χ3n) is 2.50. The molecule has 1 atom stereocenters. The Morgan fingerprint density at radius 3 is 2.65 bits per heavy atom. The van der Waals surface area contributed by atoms with Gasteiger partial charge in [0.05, 0.1) is 23.2 Å². The monoisotopic (exact) mass is 267 g/mol. The van der Waals surface area contributed by atoms with Crippen molar-refractivity contribution in [3.05, 3.63) is 45.6 Å². The van der Waals surface area contributed by atoms with Gasteiger partial charge in [0, 0.05) is 4.88 Å². The smallest absolute Gasteiger partial charge is 0.141 e. The van der Waals surface area contributed by atoms with E-state index < -0.39 is 0 Å². The summed E-state index contributed by atoms with van der Waals surface area (Å²) in [6, 6.07) is 12.1. The SMILES string of the molecule is COc1ccccc1NC(C)c1ccc(Cl)s1. The molecule has 1 N–H and O–H groups in total. The number of hydrogen-bond acceptors (Lipinski definition) is 3.